The molecule has 0 bridgehead atoms. The van der Waals surface area contributed by atoms with Gasteiger partial charge in [0.05, 0.1) is 5.69 Å². The van der Waals surface area contributed by atoms with E-state index in [2.05, 4.69) is 26.8 Å². The summed E-state index contributed by atoms with van der Waals surface area (Å²) in [6.07, 6.45) is 4.41. The molecule has 4 rings (SSSR count). The fourth-order valence-electron chi connectivity index (χ4n) is 3.68. The van der Waals surface area contributed by atoms with Gasteiger partial charge in [-0.2, -0.15) is 5.10 Å². The van der Waals surface area contributed by atoms with Crippen LogP contribution in [-0.4, -0.2) is 41.9 Å². The van der Waals surface area contributed by atoms with Crippen molar-refractivity contribution in [1.82, 2.24) is 20.4 Å². The van der Waals surface area contributed by atoms with Crippen LogP contribution in [0.15, 0.2) is 65.9 Å². The van der Waals surface area contributed by atoms with Gasteiger partial charge in [-0.25, -0.2) is 13.5 Å². The Bertz CT molecular complexity index is 998. The molecule has 2 heterocycles. The largest absolute Gasteiger partial charge is 0.365 e. The summed E-state index contributed by atoms with van der Waals surface area (Å²) in [4.78, 5) is 6.02. The fraction of sp³-hybridized carbons (Fsp3) is 0.273. The van der Waals surface area contributed by atoms with Gasteiger partial charge in [0.1, 0.15) is 17.3 Å². The topological polar surface area (TPSA) is 57.5 Å². The maximum atomic E-state index is 14.1. The van der Waals surface area contributed by atoms with Crippen LogP contribution in [-0.2, 0) is 6.54 Å². The van der Waals surface area contributed by atoms with Crippen molar-refractivity contribution >= 4 is 11.6 Å². The van der Waals surface area contributed by atoms with Gasteiger partial charge in [-0.1, -0.05) is 18.2 Å². The van der Waals surface area contributed by atoms with Gasteiger partial charge in [-0.3, -0.25) is 4.99 Å². The Hall–Kier alpha value is -3.42. The SMILES string of the molecule is CN=C(NCc1cccc(-n2cccn2)c1)NC1CCN(c2c(F)cccc2F)C1. The van der Waals surface area contributed by atoms with E-state index in [0.29, 0.717) is 25.6 Å². The van der Waals surface area contributed by atoms with Crippen LogP contribution in [0.2, 0.25) is 0 Å². The highest BCUT2D eigenvalue weighted by atomic mass is 19.1. The minimum Gasteiger partial charge on any atom is -0.365 e. The minimum absolute atomic E-state index is 0.0418. The lowest BCUT2D eigenvalue weighted by atomic mass is 10.2. The van der Waals surface area contributed by atoms with Crippen molar-refractivity contribution < 1.29 is 8.78 Å². The molecule has 1 fully saturated rings. The van der Waals surface area contributed by atoms with Crippen LogP contribution in [0.1, 0.15) is 12.0 Å². The smallest absolute Gasteiger partial charge is 0.191 e. The maximum absolute atomic E-state index is 14.1. The number of guanidine groups is 1. The molecule has 6 nitrogen and oxygen atoms in total. The van der Waals surface area contributed by atoms with Crippen LogP contribution in [0.25, 0.3) is 5.69 Å². The summed E-state index contributed by atoms with van der Waals surface area (Å²) in [5.74, 6) is -0.411. The average Bonchev–Trinajstić information content (AvgIpc) is 3.44. The zero-order chi connectivity index (χ0) is 20.9. The zero-order valence-electron chi connectivity index (χ0n) is 16.7. The molecule has 1 aromatic heterocycles. The third-order valence-corrected chi connectivity index (χ3v) is 5.15. The second kappa shape index (κ2) is 8.94. The number of aromatic nitrogens is 2. The van der Waals surface area contributed by atoms with Crippen LogP contribution in [0.4, 0.5) is 14.5 Å². The molecule has 1 saturated heterocycles. The molecule has 1 aliphatic heterocycles. The van der Waals surface area contributed by atoms with E-state index in [0.717, 1.165) is 17.7 Å². The molecule has 2 N–H and O–H groups in total. The summed E-state index contributed by atoms with van der Waals surface area (Å²) >= 11 is 0. The van der Waals surface area contributed by atoms with E-state index in [1.54, 1.807) is 18.1 Å². The lowest BCUT2D eigenvalue weighted by Crippen LogP contribution is -2.44. The second-order valence-electron chi connectivity index (χ2n) is 7.19. The molecule has 1 aliphatic rings. The molecule has 0 saturated carbocycles. The molecular formula is C22H24F2N6. The van der Waals surface area contributed by atoms with Gasteiger partial charge in [-0.05, 0) is 42.3 Å². The Morgan fingerprint density at radius 1 is 1.17 bits per heavy atom. The summed E-state index contributed by atoms with van der Waals surface area (Å²) in [6.45, 7) is 1.68. The molecule has 30 heavy (non-hydrogen) atoms. The summed E-state index contributed by atoms with van der Waals surface area (Å²) in [6, 6.07) is 14.0. The highest BCUT2D eigenvalue weighted by Gasteiger charge is 2.27. The Labute approximate surface area is 174 Å². The summed E-state index contributed by atoms with van der Waals surface area (Å²) in [5, 5.41) is 10.9. The summed E-state index contributed by atoms with van der Waals surface area (Å²) in [5.41, 5.74) is 2.12. The van der Waals surface area contributed by atoms with Crippen molar-refractivity contribution in [1.29, 1.82) is 0 Å². The quantitative estimate of drug-likeness (QED) is 0.501. The highest BCUT2D eigenvalue weighted by molar-refractivity contribution is 5.80. The molecule has 3 aromatic rings. The first kappa shape index (κ1) is 19.9. The van der Waals surface area contributed by atoms with E-state index in [1.165, 1.54) is 18.2 Å². The lowest BCUT2D eigenvalue weighted by molar-refractivity contribution is 0.576. The van der Waals surface area contributed by atoms with Gasteiger partial charge in [0.2, 0.25) is 0 Å². The van der Waals surface area contributed by atoms with Crippen LogP contribution in [0, 0.1) is 11.6 Å². The predicted octanol–water partition coefficient (Wildman–Crippen LogP) is 3.09. The molecule has 2 aromatic carbocycles. The number of hydrogen-bond acceptors (Lipinski definition) is 3. The number of nitrogens with one attached hydrogen (secondary N) is 2. The first-order valence-electron chi connectivity index (χ1n) is 9.89. The van der Waals surface area contributed by atoms with E-state index in [4.69, 9.17) is 0 Å². The number of benzene rings is 2. The maximum Gasteiger partial charge on any atom is 0.191 e. The standard InChI is InChI=1S/C22H24F2N6/c1-25-22(26-14-16-5-2-6-18(13-16)30-11-4-10-27-30)28-17-9-12-29(15-17)21-19(23)7-3-8-20(21)24/h2-8,10-11,13,17H,9,12,14-15H2,1H3,(H2,25,26,28). The van der Waals surface area contributed by atoms with Crippen molar-refractivity contribution in [2.45, 2.75) is 19.0 Å². The average molecular weight is 410 g/mol. The zero-order valence-corrected chi connectivity index (χ0v) is 16.7. The summed E-state index contributed by atoms with van der Waals surface area (Å²) < 4.78 is 29.9. The van der Waals surface area contributed by atoms with Crippen molar-refractivity contribution in [3.05, 3.63) is 78.1 Å². The van der Waals surface area contributed by atoms with E-state index in [9.17, 15) is 8.78 Å². The van der Waals surface area contributed by atoms with Crippen LogP contribution in [0.3, 0.4) is 0 Å². The Balaban J connectivity index is 1.34. The molecule has 0 radical (unpaired) electrons. The fourth-order valence-corrected chi connectivity index (χ4v) is 3.68. The van der Waals surface area contributed by atoms with Crippen molar-refractivity contribution in [2.24, 2.45) is 4.99 Å². The monoisotopic (exact) mass is 410 g/mol. The van der Waals surface area contributed by atoms with Gasteiger partial charge in [0.15, 0.2) is 5.96 Å². The third-order valence-electron chi connectivity index (χ3n) is 5.15. The number of aliphatic imine (C=N–C) groups is 1. The Morgan fingerprint density at radius 3 is 2.70 bits per heavy atom. The van der Waals surface area contributed by atoms with Crippen LogP contribution < -0.4 is 15.5 Å². The second-order valence-corrected chi connectivity index (χ2v) is 7.19. The minimum atomic E-state index is -0.532. The van der Waals surface area contributed by atoms with Gasteiger partial charge in [-0.15, -0.1) is 0 Å². The van der Waals surface area contributed by atoms with Crippen LogP contribution in [0.5, 0.6) is 0 Å². The lowest BCUT2D eigenvalue weighted by Gasteiger charge is -2.21. The van der Waals surface area contributed by atoms with Gasteiger partial charge >= 0.3 is 0 Å². The van der Waals surface area contributed by atoms with Gasteiger partial charge in [0.25, 0.3) is 0 Å². The Morgan fingerprint density at radius 2 is 1.97 bits per heavy atom. The number of anilines is 1. The van der Waals surface area contributed by atoms with E-state index >= 15 is 0 Å². The molecular weight excluding hydrogens is 386 g/mol. The normalized spacial score (nSPS) is 16.7. The third kappa shape index (κ3) is 4.42. The van der Waals surface area contributed by atoms with Crippen LogP contribution >= 0.6 is 0 Å². The van der Waals surface area contributed by atoms with E-state index < -0.39 is 11.6 Å². The Kier molecular flexibility index (Phi) is 5.92. The molecule has 0 aliphatic carbocycles. The van der Waals surface area contributed by atoms with Crippen molar-refractivity contribution in [3.63, 3.8) is 0 Å². The van der Waals surface area contributed by atoms with Crippen molar-refractivity contribution in [2.75, 3.05) is 25.0 Å². The number of rotatable bonds is 5. The van der Waals surface area contributed by atoms with Gasteiger partial charge < -0.3 is 15.5 Å². The molecule has 156 valence electrons. The number of nitrogens with zero attached hydrogens (tertiary/aromatic N) is 4. The predicted molar refractivity (Wildman–Crippen MR) is 114 cm³/mol. The first-order valence-corrected chi connectivity index (χ1v) is 9.89. The molecule has 0 spiro atoms. The molecule has 1 atom stereocenters. The number of hydrogen-bond donors (Lipinski definition) is 2. The molecule has 1 unspecified atom stereocenters. The molecule has 0 amide bonds. The van der Waals surface area contributed by atoms with E-state index in [-0.39, 0.29) is 11.7 Å². The summed E-state index contributed by atoms with van der Waals surface area (Å²) in [7, 11) is 1.71. The first-order chi connectivity index (χ1) is 14.6. The number of para-hydroxylation sites is 1. The highest BCUT2D eigenvalue weighted by Crippen LogP contribution is 2.26. The van der Waals surface area contributed by atoms with Gasteiger partial charge in [0, 0.05) is 45.1 Å². The molecule has 8 heteroatoms. The number of halogens is 2. The van der Waals surface area contributed by atoms with E-state index in [1.807, 2.05) is 35.1 Å². The van der Waals surface area contributed by atoms with Crippen molar-refractivity contribution in [3.8, 4) is 5.69 Å².